The summed E-state index contributed by atoms with van der Waals surface area (Å²) < 4.78 is 0. The van der Waals surface area contributed by atoms with E-state index in [0.717, 1.165) is 19.3 Å². The molecule has 1 aliphatic heterocycles. The van der Waals surface area contributed by atoms with Crippen LogP contribution in [0.15, 0.2) is 0 Å². The molecule has 5 nitrogen and oxygen atoms in total. The number of hydrogen-bond acceptors (Lipinski definition) is 4. The fourth-order valence-corrected chi connectivity index (χ4v) is 4.05. The van der Waals surface area contributed by atoms with Crippen molar-refractivity contribution in [2.75, 3.05) is 12.3 Å². The van der Waals surface area contributed by atoms with Gasteiger partial charge in [-0.3, -0.25) is 4.79 Å². The van der Waals surface area contributed by atoms with Crippen LogP contribution in [0.1, 0.15) is 32.6 Å². The number of carbonyl (C=O) groups excluding carboxylic acids is 1. The molecular weight excluding hydrogens is 264 g/mol. The molecule has 0 bridgehead atoms. The van der Waals surface area contributed by atoms with Gasteiger partial charge in [0.2, 0.25) is 5.91 Å². The summed E-state index contributed by atoms with van der Waals surface area (Å²) >= 11 is 1.63. The van der Waals surface area contributed by atoms with Gasteiger partial charge in [-0.25, -0.2) is 4.79 Å². The van der Waals surface area contributed by atoms with Gasteiger partial charge in [-0.1, -0.05) is 6.92 Å². The lowest BCUT2D eigenvalue weighted by Crippen LogP contribution is -2.46. The lowest BCUT2D eigenvalue weighted by Gasteiger charge is -2.27. The zero-order valence-electron chi connectivity index (χ0n) is 11.2. The van der Waals surface area contributed by atoms with Gasteiger partial charge in [0.05, 0.1) is 5.37 Å². The smallest absolute Gasteiger partial charge is 0.327 e. The zero-order valence-corrected chi connectivity index (χ0v) is 12.1. The molecule has 19 heavy (non-hydrogen) atoms. The van der Waals surface area contributed by atoms with Gasteiger partial charge in [-0.15, -0.1) is 11.8 Å². The molecule has 1 saturated heterocycles. The van der Waals surface area contributed by atoms with E-state index in [4.69, 9.17) is 5.73 Å². The van der Waals surface area contributed by atoms with Crippen molar-refractivity contribution in [1.29, 1.82) is 0 Å². The molecule has 3 atom stereocenters. The number of carbonyl (C=O) groups is 2. The van der Waals surface area contributed by atoms with E-state index in [1.165, 1.54) is 0 Å². The predicted molar refractivity (Wildman–Crippen MR) is 74.7 cm³/mol. The van der Waals surface area contributed by atoms with Crippen molar-refractivity contribution < 1.29 is 14.7 Å². The molecule has 3 unspecified atom stereocenters. The molecular formula is C13H22N2O3S. The minimum atomic E-state index is -0.879. The highest BCUT2D eigenvalue weighted by Gasteiger charge is 2.47. The Balaban J connectivity index is 1.99. The van der Waals surface area contributed by atoms with E-state index in [0.29, 0.717) is 30.6 Å². The minimum absolute atomic E-state index is 0.0189. The summed E-state index contributed by atoms with van der Waals surface area (Å²) in [6, 6.07) is -0.642. The van der Waals surface area contributed by atoms with Crippen molar-refractivity contribution in [1.82, 2.24) is 4.90 Å². The third-order valence-electron chi connectivity index (χ3n) is 3.89. The quantitative estimate of drug-likeness (QED) is 0.764. The molecule has 1 aliphatic carbocycles. The zero-order chi connectivity index (χ0) is 14.0. The van der Waals surface area contributed by atoms with Gasteiger partial charge in [0.25, 0.3) is 0 Å². The van der Waals surface area contributed by atoms with Crippen LogP contribution in [0.4, 0.5) is 0 Å². The van der Waals surface area contributed by atoms with Crippen molar-refractivity contribution in [3.63, 3.8) is 0 Å². The molecule has 0 radical (unpaired) electrons. The van der Waals surface area contributed by atoms with Gasteiger partial charge < -0.3 is 15.7 Å². The van der Waals surface area contributed by atoms with Crippen molar-refractivity contribution in [2.24, 2.45) is 17.6 Å². The Bertz CT molecular complexity index is 360. The van der Waals surface area contributed by atoms with Crippen LogP contribution in [0.25, 0.3) is 0 Å². The highest BCUT2D eigenvalue weighted by Crippen LogP contribution is 2.45. The van der Waals surface area contributed by atoms with Gasteiger partial charge >= 0.3 is 5.97 Å². The maximum Gasteiger partial charge on any atom is 0.327 e. The average Bonchev–Trinajstić information content (AvgIpc) is 3.13. The summed E-state index contributed by atoms with van der Waals surface area (Å²) in [5.41, 5.74) is 5.55. The lowest BCUT2D eigenvalue weighted by atomic mass is 10.0. The highest BCUT2D eigenvalue weighted by molar-refractivity contribution is 8.00. The fraction of sp³-hybridized carbons (Fsp3) is 0.846. The van der Waals surface area contributed by atoms with E-state index in [1.807, 2.05) is 6.92 Å². The largest absolute Gasteiger partial charge is 0.480 e. The predicted octanol–water partition coefficient (Wildman–Crippen LogP) is 1.13. The van der Waals surface area contributed by atoms with Crippen LogP contribution in [0.3, 0.4) is 0 Å². The Hall–Kier alpha value is -0.750. The van der Waals surface area contributed by atoms with Crippen LogP contribution in [-0.2, 0) is 9.59 Å². The summed E-state index contributed by atoms with van der Waals surface area (Å²) in [5.74, 6) is 0.437. The number of rotatable bonds is 6. The number of carboxylic acid groups (broad SMARTS) is 1. The monoisotopic (exact) mass is 286 g/mol. The summed E-state index contributed by atoms with van der Waals surface area (Å²) in [5, 5.41) is 9.33. The fourth-order valence-electron chi connectivity index (χ4n) is 2.40. The molecule has 2 aliphatic rings. The minimum Gasteiger partial charge on any atom is -0.480 e. The summed E-state index contributed by atoms with van der Waals surface area (Å²) in [6.45, 7) is 2.58. The number of nitrogens with two attached hydrogens (primary N) is 1. The number of hydrogen-bond donors (Lipinski definition) is 2. The van der Waals surface area contributed by atoms with Crippen LogP contribution in [0, 0.1) is 11.8 Å². The van der Waals surface area contributed by atoms with Gasteiger partial charge in [0.1, 0.15) is 6.04 Å². The molecule has 3 N–H and O–H groups in total. The number of carboxylic acids is 1. The first kappa shape index (κ1) is 14.7. The van der Waals surface area contributed by atoms with E-state index in [2.05, 4.69) is 0 Å². The van der Waals surface area contributed by atoms with Crippen LogP contribution >= 0.6 is 11.8 Å². The molecule has 1 saturated carbocycles. The van der Waals surface area contributed by atoms with Crippen LogP contribution < -0.4 is 5.73 Å². The SMILES string of the molecule is CC(CN)CCC(=O)N1C(C(=O)O)CSC1C1CC1. The van der Waals surface area contributed by atoms with Crippen molar-refractivity contribution >= 4 is 23.6 Å². The third kappa shape index (κ3) is 3.42. The molecule has 0 spiro atoms. The maximum absolute atomic E-state index is 12.3. The van der Waals surface area contributed by atoms with Gasteiger partial charge in [0.15, 0.2) is 0 Å². The van der Waals surface area contributed by atoms with E-state index < -0.39 is 12.0 Å². The normalized spacial score (nSPS) is 28.4. The molecule has 0 aromatic carbocycles. The second-order valence-corrected chi connectivity index (χ2v) is 6.75. The third-order valence-corrected chi connectivity index (χ3v) is 5.35. The molecule has 108 valence electrons. The molecule has 2 fully saturated rings. The van der Waals surface area contributed by atoms with E-state index in [1.54, 1.807) is 16.7 Å². The molecule has 0 aromatic heterocycles. The Kier molecular flexibility index (Phi) is 4.73. The summed E-state index contributed by atoms with van der Waals surface area (Å²) in [6.07, 6.45) is 3.38. The molecule has 6 heteroatoms. The second-order valence-electron chi connectivity index (χ2n) is 5.60. The van der Waals surface area contributed by atoms with Crippen LogP contribution in [-0.4, -0.2) is 45.6 Å². The number of amides is 1. The van der Waals surface area contributed by atoms with Crippen molar-refractivity contribution in [3.8, 4) is 0 Å². The first-order chi connectivity index (χ1) is 9.04. The lowest BCUT2D eigenvalue weighted by molar-refractivity contribution is -0.149. The van der Waals surface area contributed by atoms with Gasteiger partial charge in [-0.05, 0) is 37.6 Å². The Labute approximate surface area is 117 Å². The standard InChI is InChI=1S/C13H22N2O3S/c1-8(6-14)2-5-11(16)15-10(13(17)18)7-19-12(15)9-3-4-9/h8-10,12H,2-7,14H2,1H3,(H,17,18). The highest BCUT2D eigenvalue weighted by atomic mass is 32.2. The Morgan fingerprint density at radius 1 is 1.47 bits per heavy atom. The van der Waals surface area contributed by atoms with Crippen molar-refractivity contribution in [3.05, 3.63) is 0 Å². The van der Waals surface area contributed by atoms with E-state index in [-0.39, 0.29) is 11.3 Å². The summed E-state index contributed by atoms with van der Waals surface area (Å²) in [4.78, 5) is 25.2. The first-order valence-electron chi connectivity index (χ1n) is 6.90. The average molecular weight is 286 g/mol. The number of aliphatic carboxylic acids is 1. The van der Waals surface area contributed by atoms with Gasteiger partial charge in [-0.2, -0.15) is 0 Å². The van der Waals surface area contributed by atoms with Crippen molar-refractivity contribution in [2.45, 2.75) is 44.0 Å². The molecule has 1 amide bonds. The van der Waals surface area contributed by atoms with E-state index >= 15 is 0 Å². The molecule has 1 heterocycles. The first-order valence-corrected chi connectivity index (χ1v) is 7.95. The Morgan fingerprint density at radius 2 is 2.16 bits per heavy atom. The summed E-state index contributed by atoms with van der Waals surface area (Å²) in [7, 11) is 0. The second kappa shape index (κ2) is 6.13. The number of thioether (sulfide) groups is 1. The van der Waals surface area contributed by atoms with Gasteiger partial charge in [0, 0.05) is 12.2 Å². The molecule has 0 aromatic rings. The maximum atomic E-state index is 12.3. The van der Waals surface area contributed by atoms with Crippen LogP contribution in [0.5, 0.6) is 0 Å². The topological polar surface area (TPSA) is 83.6 Å². The van der Waals surface area contributed by atoms with Crippen LogP contribution in [0.2, 0.25) is 0 Å². The Morgan fingerprint density at radius 3 is 2.68 bits per heavy atom. The van der Waals surface area contributed by atoms with E-state index in [9.17, 15) is 14.7 Å². The molecule has 2 rings (SSSR count). The number of nitrogens with zero attached hydrogens (tertiary/aromatic N) is 1.